The van der Waals surface area contributed by atoms with E-state index in [4.69, 9.17) is 16.4 Å². The molecule has 3 N–H and O–H groups in total. The number of carbonyl (C=O) groups excluding carboxylic acids is 5. The van der Waals surface area contributed by atoms with Crippen molar-refractivity contribution in [3.05, 3.63) is 76.6 Å². The van der Waals surface area contributed by atoms with E-state index in [0.29, 0.717) is 26.2 Å². The van der Waals surface area contributed by atoms with Gasteiger partial charge in [-0.3, -0.25) is 19.2 Å². The zero-order valence-electron chi connectivity index (χ0n) is 33.4. The molecule has 0 saturated carbocycles. The van der Waals surface area contributed by atoms with Gasteiger partial charge in [0.2, 0.25) is 5.91 Å². The number of quaternary nitrogens is 1. The van der Waals surface area contributed by atoms with Crippen LogP contribution in [0.2, 0.25) is 5.02 Å². The van der Waals surface area contributed by atoms with Gasteiger partial charge in [-0.15, -0.1) is 0 Å². The lowest BCUT2D eigenvalue weighted by Gasteiger charge is -2.36. The predicted octanol–water partition coefficient (Wildman–Crippen LogP) is 2.87. The van der Waals surface area contributed by atoms with Gasteiger partial charge in [-0.1, -0.05) is 18.5 Å². The Hall–Kier alpha value is -5.66. The maximum atomic E-state index is 14.1. The Labute approximate surface area is 339 Å². The molecule has 314 valence electrons. The molecule has 4 heterocycles. The van der Waals surface area contributed by atoms with Gasteiger partial charge in [-0.05, 0) is 36.8 Å². The van der Waals surface area contributed by atoms with Crippen LogP contribution in [0, 0.1) is 5.92 Å². The molecule has 1 saturated heterocycles. The number of ether oxygens (including phenoxy) is 1. The van der Waals surface area contributed by atoms with Crippen molar-refractivity contribution >= 4 is 47.7 Å². The summed E-state index contributed by atoms with van der Waals surface area (Å²) in [5, 5.41) is 8.87. The van der Waals surface area contributed by atoms with E-state index in [1.54, 1.807) is 19.1 Å². The van der Waals surface area contributed by atoms with Crippen LogP contribution in [0.3, 0.4) is 0 Å². The first kappa shape index (κ1) is 46.7. The Balaban J connectivity index is 0.00000172. The molecule has 4 aromatic rings. The third-order valence-electron chi connectivity index (χ3n) is 9.09. The molecule has 1 fully saturated rings. The van der Waals surface area contributed by atoms with Gasteiger partial charge in [-0.25, -0.2) is 14.6 Å². The van der Waals surface area contributed by atoms with Gasteiger partial charge in [-0.2, -0.15) is 18.3 Å². The highest BCUT2D eigenvalue weighted by Crippen LogP contribution is 2.37. The van der Waals surface area contributed by atoms with E-state index in [9.17, 15) is 32.3 Å². The number of aromatic nitrogens is 5. The Bertz CT molecular complexity index is 2030. The van der Waals surface area contributed by atoms with Gasteiger partial charge in [0, 0.05) is 84.9 Å². The zero-order valence-corrected chi connectivity index (χ0v) is 34.2. The van der Waals surface area contributed by atoms with Crippen LogP contribution in [0.1, 0.15) is 56.8 Å². The van der Waals surface area contributed by atoms with Crippen LogP contribution in [-0.4, -0.2) is 133 Å². The van der Waals surface area contributed by atoms with Crippen molar-refractivity contribution in [2.24, 2.45) is 13.0 Å². The summed E-state index contributed by atoms with van der Waals surface area (Å²) >= 11 is 6.51. The topological polar surface area (TPSA) is 178 Å². The van der Waals surface area contributed by atoms with E-state index in [0.717, 1.165) is 36.5 Å². The summed E-state index contributed by atoms with van der Waals surface area (Å²) < 4.78 is 48.8. The summed E-state index contributed by atoms with van der Waals surface area (Å²) in [5.74, 6) is -1.58. The Morgan fingerprint density at radius 2 is 1.62 bits per heavy atom. The molecule has 20 heteroatoms. The fraction of sp³-hybridized carbons (Fsp3) is 0.421. The smallest absolute Gasteiger partial charge is 0.388 e. The van der Waals surface area contributed by atoms with Gasteiger partial charge >= 0.3 is 6.18 Å². The number of nitrogens with zero attached hydrogens (tertiary/aromatic N) is 7. The number of methoxy groups -OCH3 is 1. The third-order valence-corrected chi connectivity index (χ3v) is 9.41. The van der Waals surface area contributed by atoms with Crippen molar-refractivity contribution in [3.63, 3.8) is 0 Å². The molecule has 4 amide bonds. The van der Waals surface area contributed by atoms with Crippen LogP contribution < -0.4 is 15.5 Å². The van der Waals surface area contributed by atoms with Gasteiger partial charge in [0.25, 0.3) is 17.7 Å². The first-order valence-corrected chi connectivity index (χ1v) is 18.5. The van der Waals surface area contributed by atoms with Crippen molar-refractivity contribution < 1.29 is 46.8 Å². The predicted molar refractivity (Wildman–Crippen MR) is 210 cm³/mol. The summed E-state index contributed by atoms with van der Waals surface area (Å²) in [6, 6.07) is 7.14. The number of pyridine rings is 1. The van der Waals surface area contributed by atoms with E-state index in [-0.39, 0.29) is 62.5 Å². The molecule has 1 atom stereocenters. The Kier molecular flexibility index (Phi) is 17.1. The lowest BCUT2D eigenvalue weighted by atomic mass is 10.00. The normalized spacial score (nSPS) is 13.2. The Morgan fingerprint density at radius 3 is 2.16 bits per heavy atom. The summed E-state index contributed by atoms with van der Waals surface area (Å²) in [7, 11) is 10.2. The summed E-state index contributed by atoms with van der Waals surface area (Å²) in [4.78, 5) is 72.5. The molecule has 1 unspecified atom stereocenters. The molecule has 0 aliphatic carbocycles. The lowest BCUT2D eigenvalue weighted by molar-refractivity contribution is -0.858. The van der Waals surface area contributed by atoms with Crippen molar-refractivity contribution in [2.75, 3.05) is 73.4 Å². The quantitative estimate of drug-likeness (QED) is 0.205. The van der Waals surface area contributed by atoms with Gasteiger partial charge < -0.3 is 39.4 Å². The highest BCUT2D eigenvalue weighted by molar-refractivity contribution is 6.34. The number of hydrogen-bond donors (Lipinski definition) is 3. The van der Waals surface area contributed by atoms with Gasteiger partial charge in [0.15, 0.2) is 17.3 Å². The van der Waals surface area contributed by atoms with Gasteiger partial charge in [0.1, 0.15) is 6.79 Å². The largest absolute Gasteiger partial charge is 0.435 e. The zero-order chi connectivity index (χ0) is 43.3. The standard InChI is InChI=1S/C35H40ClF3N10O4.C2H6O.CH2O/c1-6-21(11-12-45(3)4)33(52)47-13-15-48(16-14-47)34(53)24-9-8-23(17-26(24)36)43-32(51)30-42-19-27(46(30)5)25-20-49(44-29(25)35(37,38)39)28-10-7-22(18-41-28)31(50)40-2;1-3-2;1-2/h7-10,17-21H,6,11-16H2,1-5H3,(H,40,50)(H,43,51);1-2H3;1H2/p+1. The van der Waals surface area contributed by atoms with Crippen LogP contribution in [0.25, 0.3) is 17.1 Å². The number of amides is 4. The number of piperazine rings is 1. The number of hydrogen-bond acceptors (Lipinski definition) is 9. The molecule has 0 bridgehead atoms. The number of imidazole rings is 1. The van der Waals surface area contributed by atoms with Crippen LogP contribution >= 0.6 is 11.6 Å². The lowest BCUT2D eigenvalue weighted by Crippen LogP contribution is -3.05. The number of halogens is 4. The SMILES string of the molecule is C=O.CCC(CC[NH+](C)C)C(=O)N1CCN(C(=O)c2ccc(NC(=O)c3ncc(-c4cn(-c5ccc(C(=O)NC)cn5)nc4C(F)(F)F)n3C)cc2Cl)CC1.COC. The highest BCUT2D eigenvalue weighted by atomic mass is 35.5. The van der Waals surface area contributed by atoms with Crippen LogP contribution in [0.15, 0.2) is 48.9 Å². The molecule has 0 spiro atoms. The molecule has 0 radical (unpaired) electrons. The van der Waals surface area contributed by atoms with Crippen molar-refractivity contribution in [2.45, 2.75) is 25.9 Å². The molecule has 5 rings (SSSR count). The molecular formula is C38H49ClF3N10O6+. The molecular weight excluding hydrogens is 785 g/mol. The number of nitrogens with one attached hydrogen (secondary N) is 3. The maximum absolute atomic E-state index is 14.1. The summed E-state index contributed by atoms with van der Waals surface area (Å²) in [5.41, 5.74) is -0.957. The fourth-order valence-electron chi connectivity index (χ4n) is 6.04. The molecule has 1 aliphatic rings. The van der Waals surface area contributed by atoms with Crippen LogP contribution in [0.4, 0.5) is 18.9 Å². The highest BCUT2D eigenvalue weighted by Gasteiger charge is 2.39. The van der Waals surface area contributed by atoms with Crippen molar-refractivity contribution in [3.8, 4) is 17.1 Å². The number of rotatable bonds is 11. The molecule has 3 aromatic heterocycles. The second-order valence-electron chi connectivity index (χ2n) is 13.4. The molecule has 1 aromatic carbocycles. The summed E-state index contributed by atoms with van der Waals surface area (Å²) in [6.45, 7) is 6.45. The van der Waals surface area contributed by atoms with Crippen LogP contribution in [-0.2, 0) is 27.5 Å². The summed E-state index contributed by atoms with van der Waals surface area (Å²) in [6.07, 6.45) is 0.158. The third kappa shape index (κ3) is 11.5. The number of anilines is 1. The average Bonchev–Trinajstić information content (AvgIpc) is 3.83. The van der Waals surface area contributed by atoms with E-state index in [1.807, 2.05) is 18.6 Å². The van der Waals surface area contributed by atoms with E-state index in [2.05, 4.69) is 44.5 Å². The number of carbonyl (C=O) groups is 5. The number of benzene rings is 1. The molecule has 58 heavy (non-hydrogen) atoms. The first-order chi connectivity index (χ1) is 27.5. The molecule has 16 nitrogen and oxygen atoms in total. The second-order valence-corrected chi connectivity index (χ2v) is 13.8. The minimum atomic E-state index is -4.86. The first-order valence-electron chi connectivity index (χ1n) is 18.1. The monoisotopic (exact) mass is 833 g/mol. The van der Waals surface area contributed by atoms with Gasteiger partial charge in [0.05, 0.1) is 54.2 Å². The second kappa shape index (κ2) is 21.2. The fourth-order valence-corrected chi connectivity index (χ4v) is 6.30. The number of alkyl halides is 3. The average molecular weight is 834 g/mol. The maximum Gasteiger partial charge on any atom is 0.435 e. The van der Waals surface area contributed by atoms with Crippen molar-refractivity contribution in [1.29, 1.82) is 0 Å². The van der Waals surface area contributed by atoms with Crippen molar-refractivity contribution in [1.82, 2.24) is 39.4 Å². The minimum absolute atomic E-state index is 0.0302. The Morgan fingerprint density at radius 1 is 0.983 bits per heavy atom. The van der Waals surface area contributed by atoms with E-state index in [1.165, 1.54) is 60.1 Å². The molecule has 1 aliphatic heterocycles. The minimum Gasteiger partial charge on any atom is -0.388 e. The van der Waals surface area contributed by atoms with E-state index < -0.39 is 23.7 Å². The van der Waals surface area contributed by atoms with Crippen LogP contribution in [0.5, 0.6) is 0 Å². The van der Waals surface area contributed by atoms with E-state index >= 15 is 0 Å².